The molecule has 0 bridgehead atoms. The number of phosphoric acid groups is 1. The van der Waals surface area contributed by atoms with Gasteiger partial charge in [-0.1, -0.05) is 19.9 Å². The second-order valence-electron chi connectivity index (χ2n) is 13.9. The lowest BCUT2D eigenvalue weighted by Crippen LogP contribution is -2.47. The topological polar surface area (TPSA) is 204 Å². The van der Waals surface area contributed by atoms with E-state index in [-0.39, 0.29) is 30.9 Å². The van der Waals surface area contributed by atoms with Crippen LogP contribution in [0.15, 0.2) is 30.7 Å². The van der Waals surface area contributed by atoms with Crippen LogP contribution in [0.3, 0.4) is 0 Å². The fourth-order valence-electron chi connectivity index (χ4n) is 7.59. The van der Waals surface area contributed by atoms with E-state index in [1.165, 1.54) is 11.2 Å². The van der Waals surface area contributed by atoms with Crippen molar-refractivity contribution in [3.63, 3.8) is 0 Å². The monoisotopic (exact) mass is 739 g/mol. The van der Waals surface area contributed by atoms with Crippen molar-refractivity contribution in [1.29, 1.82) is 0 Å². The molecular weight excluding hydrogens is 693 g/mol. The van der Waals surface area contributed by atoms with Crippen molar-refractivity contribution in [2.75, 3.05) is 39.6 Å². The third-order valence-electron chi connectivity index (χ3n) is 10.3. The van der Waals surface area contributed by atoms with Crippen molar-refractivity contribution in [3.05, 3.63) is 53.0 Å². The van der Waals surface area contributed by atoms with E-state index < -0.39 is 32.8 Å². The summed E-state index contributed by atoms with van der Waals surface area (Å²) in [4.78, 5) is 64.6. The molecule has 0 spiro atoms. The van der Waals surface area contributed by atoms with Gasteiger partial charge < -0.3 is 29.9 Å². The predicted molar refractivity (Wildman–Crippen MR) is 191 cm³/mol. The highest BCUT2D eigenvalue weighted by atomic mass is 31.2. The van der Waals surface area contributed by atoms with Gasteiger partial charge in [0.15, 0.2) is 5.65 Å². The van der Waals surface area contributed by atoms with E-state index in [0.29, 0.717) is 30.6 Å². The Hall–Kier alpha value is -4.34. The summed E-state index contributed by atoms with van der Waals surface area (Å²) < 4.78 is 29.7. The quantitative estimate of drug-likeness (QED) is 0.148. The summed E-state index contributed by atoms with van der Waals surface area (Å²) in [7, 11) is -4.82. The average Bonchev–Trinajstić information content (AvgIpc) is 3.71. The van der Waals surface area contributed by atoms with Gasteiger partial charge in [0.2, 0.25) is 12.7 Å². The number of carbonyl (C=O) groups is 3. The Balaban J connectivity index is 1.37. The number of amides is 2. The molecule has 2 aliphatic rings. The average molecular weight is 740 g/mol. The minimum atomic E-state index is -4.82. The number of likely N-dealkylation sites (tertiary alicyclic amines) is 2. The number of hydrogen-bond donors (Lipinski definition) is 3. The van der Waals surface area contributed by atoms with Crippen LogP contribution in [-0.4, -0.2) is 102 Å². The summed E-state index contributed by atoms with van der Waals surface area (Å²) in [5.41, 5.74) is 12.4. The summed E-state index contributed by atoms with van der Waals surface area (Å²) in [6, 6.07) is 5.70. The minimum Gasteiger partial charge on any atom is -0.447 e. The maximum absolute atomic E-state index is 14.4. The molecule has 0 radical (unpaired) electrons. The lowest BCUT2D eigenvalue weighted by Gasteiger charge is -2.34. The highest BCUT2D eigenvalue weighted by molar-refractivity contribution is 7.46. The van der Waals surface area contributed by atoms with Gasteiger partial charge in [-0.2, -0.15) is 5.10 Å². The van der Waals surface area contributed by atoms with Crippen LogP contribution >= 0.6 is 7.82 Å². The Morgan fingerprint density at radius 3 is 2.46 bits per heavy atom. The number of nitrogens with zero attached hydrogens (tertiary/aromatic N) is 6. The standard InChI is InChI=1S/C35H46N7O9P/c1-21(2)31-27-15-25(24-10-13-39(14-11-24)17-30(36)43)8-9-29(27)42(32(31)28-16-41-33(37-19-38-41)23(4)22(28)3)35(45)49-18-26-7-5-6-12-40(26)34(44)50-20-51-52(46,47)48/h8-9,15-16,19,21,24,26H,5-7,10-14,17-18,20H2,1-4H3,(H2,36,43)(H2,46,47,48)/t26-/m0/s1. The van der Waals surface area contributed by atoms with E-state index in [9.17, 15) is 18.9 Å². The molecule has 17 heteroatoms. The van der Waals surface area contributed by atoms with Gasteiger partial charge >= 0.3 is 20.0 Å². The SMILES string of the molecule is Cc1c(-c2c(C(C)C)c3cc(C4CCN(CC(N)=O)CC4)ccc3n2C(=O)OC[C@@H]2CCCCN2C(=O)OCOP(=O)(O)O)cn2ncnc2c1C. The number of piperidine rings is 2. The molecule has 0 unspecified atom stereocenters. The summed E-state index contributed by atoms with van der Waals surface area (Å²) in [6.07, 6.45) is 5.74. The summed E-state index contributed by atoms with van der Waals surface area (Å²) in [6.45, 7) is 9.25. The molecule has 280 valence electrons. The third kappa shape index (κ3) is 7.86. The number of carbonyl (C=O) groups excluding carboxylic acids is 3. The molecule has 2 saturated heterocycles. The van der Waals surface area contributed by atoms with Gasteiger partial charge in [0, 0.05) is 23.7 Å². The van der Waals surface area contributed by atoms with Crippen LogP contribution in [-0.2, 0) is 23.4 Å². The molecule has 6 rings (SSSR count). The molecule has 16 nitrogen and oxygen atoms in total. The van der Waals surface area contributed by atoms with Gasteiger partial charge in [0.1, 0.15) is 12.9 Å². The number of aromatic nitrogens is 4. The van der Waals surface area contributed by atoms with E-state index in [2.05, 4.69) is 45.5 Å². The van der Waals surface area contributed by atoms with Crippen molar-refractivity contribution >= 4 is 42.5 Å². The van der Waals surface area contributed by atoms with Crippen LogP contribution in [0, 0.1) is 13.8 Å². The first-order valence-corrected chi connectivity index (χ1v) is 19.1. The highest BCUT2D eigenvalue weighted by Gasteiger charge is 2.33. The first-order valence-electron chi connectivity index (χ1n) is 17.5. The lowest BCUT2D eigenvalue weighted by molar-refractivity contribution is -0.119. The van der Waals surface area contributed by atoms with Crippen molar-refractivity contribution in [2.24, 2.45) is 5.73 Å². The molecule has 5 heterocycles. The first kappa shape index (κ1) is 37.4. The smallest absolute Gasteiger partial charge is 0.447 e. The number of phosphoric ester groups is 1. The van der Waals surface area contributed by atoms with Crippen molar-refractivity contribution in [3.8, 4) is 11.3 Å². The summed E-state index contributed by atoms with van der Waals surface area (Å²) in [5.74, 6) is -0.0584. The molecule has 2 aliphatic heterocycles. The van der Waals surface area contributed by atoms with Gasteiger partial charge in [-0.25, -0.2) is 32.7 Å². The Morgan fingerprint density at radius 2 is 1.77 bits per heavy atom. The normalized spacial score (nSPS) is 17.7. The lowest BCUT2D eigenvalue weighted by atomic mass is 9.87. The number of nitrogens with two attached hydrogens (primary N) is 1. The molecule has 2 fully saturated rings. The van der Waals surface area contributed by atoms with Crippen LogP contribution in [0.25, 0.3) is 27.8 Å². The number of pyridine rings is 1. The van der Waals surface area contributed by atoms with E-state index in [1.54, 1.807) is 9.08 Å². The zero-order chi connectivity index (χ0) is 37.3. The highest BCUT2D eigenvalue weighted by Crippen LogP contribution is 2.42. The van der Waals surface area contributed by atoms with Crippen LogP contribution in [0.2, 0.25) is 0 Å². The number of primary amides is 1. The van der Waals surface area contributed by atoms with Crippen LogP contribution in [0.4, 0.5) is 9.59 Å². The summed E-state index contributed by atoms with van der Waals surface area (Å²) in [5, 5.41) is 5.34. The summed E-state index contributed by atoms with van der Waals surface area (Å²) >= 11 is 0. The van der Waals surface area contributed by atoms with Crippen LogP contribution in [0.5, 0.6) is 0 Å². The molecule has 2 amide bonds. The van der Waals surface area contributed by atoms with Gasteiger partial charge in [0.25, 0.3) is 0 Å². The van der Waals surface area contributed by atoms with E-state index >= 15 is 0 Å². The first-order chi connectivity index (χ1) is 24.7. The van der Waals surface area contributed by atoms with Crippen molar-refractivity contribution in [2.45, 2.75) is 77.7 Å². The Morgan fingerprint density at radius 1 is 1.02 bits per heavy atom. The molecule has 0 saturated carbocycles. The molecule has 3 aromatic heterocycles. The number of aryl methyl sites for hydroxylation is 1. The van der Waals surface area contributed by atoms with E-state index in [1.807, 2.05) is 26.1 Å². The number of fused-ring (bicyclic) bond motifs is 2. The molecule has 1 aromatic carbocycles. The molecule has 1 atom stereocenters. The van der Waals surface area contributed by atoms with Crippen LogP contribution in [0.1, 0.15) is 80.0 Å². The number of benzene rings is 1. The maximum Gasteiger partial charge on any atom is 0.472 e. The fraction of sp³-hybridized carbons (Fsp3) is 0.514. The fourth-order valence-corrected chi connectivity index (χ4v) is 7.78. The van der Waals surface area contributed by atoms with Crippen LogP contribution < -0.4 is 5.73 Å². The number of rotatable bonds is 10. The maximum atomic E-state index is 14.4. The predicted octanol–water partition coefficient (Wildman–Crippen LogP) is 4.80. The minimum absolute atomic E-state index is 0.00401. The molecule has 4 N–H and O–H groups in total. The molecular formula is C35H46N7O9P. The zero-order valence-corrected chi connectivity index (χ0v) is 30.8. The largest absolute Gasteiger partial charge is 0.472 e. The van der Waals surface area contributed by atoms with Gasteiger partial charge in [-0.3, -0.25) is 9.69 Å². The van der Waals surface area contributed by atoms with E-state index in [4.69, 9.17) is 25.0 Å². The van der Waals surface area contributed by atoms with E-state index in [0.717, 1.165) is 71.2 Å². The Labute approximate surface area is 301 Å². The Kier molecular flexibility index (Phi) is 11.0. The van der Waals surface area contributed by atoms with Gasteiger partial charge in [-0.15, -0.1) is 0 Å². The third-order valence-corrected chi connectivity index (χ3v) is 10.7. The Bertz CT molecular complexity index is 2030. The molecule has 52 heavy (non-hydrogen) atoms. The molecule has 4 aromatic rings. The molecule has 0 aliphatic carbocycles. The van der Waals surface area contributed by atoms with Crippen molar-refractivity contribution < 1.29 is 42.7 Å². The zero-order valence-electron chi connectivity index (χ0n) is 29.9. The second-order valence-corrected chi connectivity index (χ2v) is 15.2. The van der Waals surface area contributed by atoms with Gasteiger partial charge in [-0.05, 0) is 105 Å². The number of hydrogen-bond acceptors (Lipinski definition) is 10. The van der Waals surface area contributed by atoms with Gasteiger partial charge in [0.05, 0.1) is 23.8 Å². The van der Waals surface area contributed by atoms with Crippen molar-refractivity contribution in [1.82, 2.24) is 29.0 Å². The second kappa shape index (κ2) is 15.3. The number of ether oxygens (including phenoxy) is 2.